The standard InChI is InChI=1S/3C8H7NO4.2Fe/c3*9-6-3-4(7(10)11)1-2-5(6)8(12)13;;/h3*1-3H,9H2,(H,10,11)(H,12,13);;/q;;;2*+3/p-6. The van der Waals surface area contributed by atoms with Gasteiger partial charge in [-0.2, -0.15) is 0 Å². The average Bonchev–Trinajstić information content (AvgIpc) is 2.83. The number of carboxylic acid groups (broad SMARTS) is 6. The van der Waals surface area contributed by atoms with Crippen LogP contribution in [0.2, 0.25) is 0 Å². The van der Waals surface area contributed by atoms with Crippen LogP contribution in [-0.4, -0.2) is 35.8 Å². The molecule has 0 bridgehead atoms. The summed E-state index contributed by atoms with van der Waals surface area (Å²) in [5, 5.41) is 62.0. The molecule has 0 unspecified atom stereocenters. The van der Waals surface area contributed by atoms with Gasteiger partial charge < -0.3 is 76.6 Å². The van der Waals surface area contributed by atoms with Gasteiger partial charge in [0.05, 0.1) is 35.8 Å². The maximum absolute atomic E-state index is 10.3. The third kappa shape index (κ3) is 11.3. The first-order chi connectivity index (χ1) is 18.1. The molecule has 0 amide bonds. The number of benzene rings is 3. The second-order valence-corrected chi connectivity index (χ2v) is 7.13. The predicted octanol–water partition coefficient (Wildman–Crippen LogP) is -6.02. The summed E-state index contributed by atoms with van der Waals surface area (Å²) >= 11 is 0. The van der Waals surface area contributed by atoms with Crippen molar-refractivity contribution in [1.29, 1.82) is 0 Å². The first kappa shape index (κ1) is 38.1. The molecule has 0 saturated heterocycles. The number of nitrogen functional groups attached to an aromatic ring is 3. The van der Waals surface area contributed by atoms with Gasteiger partial charge in [0.1, 0.15) is 0 Å². The predicted molar refractivity (Wildman–Crippen MR) is 119 cm³/mol. The third-order valence-electron chi connectivity index (χ3n) is 4.52. The Kier molecular flexibility index (Phi) is 15.6. The number of carboxylic acids is 6. The van der Waals surface area contributed by atoms with Gasteiger partial charge in [0.15, 0.2) is 0 Å². The maximum atomic E-state index is 10.3. The molecule has 41 heavy (non-hydrogen) atoms. The number of hydrogen-bond acceptors (Lipinski definition) is 15. The molecule has 6 N–H and O–H groups in total. The van der Waals surface area contributed by atoms with Gasteiger partial charge in [0.25, 0.3) is 0 Å². The summed E-state index contributed by atoms with van der Waals surface area (Å²) in [7, 11) is 0. The van der Waals surface area contributed by atoms with Crippen LogP contribution in [0.3, 0.4) is 0 Å². The molecular weight excluding hydrogens is 634 g/mol. The summed E-state index contributed by atoms with van der Waals surface area (Å²) in [4.78, 5) is 62.0. The zero-order chi connectivity index (χ0) is 30.0. The molecule has 17 heteroatoms. The van der Waals surface area contributed by atoms with Gasteiger partial charge in [-0.25, -0.2) is 0 Å². The van der Waals surface area contributed by atoms with Crippen LogP contribution in [0.25, 0.3) is 0 Å². The van der Waals surface area contributed by atoms with Gasteiger partial charge in [-0.05, 0) is 34.9 Å². The molecule has 0 aliphatic carbocycles. The molecule has 0 aliphatic rings. The van der Waals surface area contributed by atoms with Crippen molar-refractivity contribution < 1.29 is 93.5 Å². The molecule has 214 valence electrons. The number of nitrogens with two attached hydrogens (primary N) is 3. The topological polar surface area (TPSA) is 319 Å². The van der Waals surface area contributed by atoms with E-state index in [-0.39, 0.29) is 84.6 Å². The van der Waals surface area contributed by atoms with Gasteiger partial charge >= 0.3 is 34.1 Å². The molecule has 0 atom stereocenters. The van der Waals surface area contributed by atoms with Crippen LogP contribution in [0.15, 0.2) is 54.6 Å². The van der Waals surface area contributed by atoms with Crippen molar-refractivity contribution in [3.63, 3.8) is 0 Å². The van der Waals surface area contributed by atoms with Crippen LogP contribution in [0, 0.1) is 0 Å². The molecule has 0 saturated carbocycles. The van der Waals surface area contributed by atoms with E-state index in [2.05, 4.69) is 0 Å². The van der Waals surface area contributed by atoms with Crippen molar-refractivity contribution >= 4 is 52.9 Å². The van der Waals surface area contributed by atoms with Crippen LogP contribution < -0.4 is 47.8 Å². The van der Waals surface area contributed by atoms with Crippen molar-refractivity contribution in [2.45, 2.75) is 0 Å². The Bertz CT molecular complexity index is 1300. The van der Waals surface area contributed by atoms with Crippen LogP contribution >= 0.6 is 0 Å². The largest absolute Gasteiger partial charge is 3.00 e. The van der Waals surface area contributed by atoms with Gasteiger partial charge in [0, 0.05) is 33.8 Å². The minimum atomic E-state index is -1.44. The minimum Gasteiger partial charge on any atom is -0.545 e. The average molecular weight is 649 g/mol. The summed E-state index contributed by atoms with van der Waals surface area (Å²) in [6.45, 7) is 0. The van der Waals surface area contributed by atoms with Gasteiger partial charge in [-0.1, -0.05) is 36.4 Å². The number of rotatable bonds is 6. The maximum Gasteiger partial charge on any atom is 3.00 e. The Morgan fingerprint density at radius 2 is 0.585 bits per heavy atom. The van der Waals surface area contributed by atoms with E-state index in [1.165, 1.54) is 0 Å². The molecule has 0 spiro atoms. The molecule has 3 aromatic carbocycles. The minimum absolute atomic E-state index is 0. The molecule has 3 aromatic rings. The van der Waals surface area contributed by atoms with Gasteiger partial charge in [0.2, 0.25) is 0 Å². The van der Waals surface area contributed by atoms with Gasteiger partial charge in [-0.15, -0.1) is 0 Å². The normalized spacial score (nSPS) is 9.07. The van der Waals surface area contributed by atoms with Crippen LogP contribution in [-0.2, 0) is 34.1 Å². The first-order valence-corrected chi connectivity index (χ1v) is 10.0. The second kappa shape index (κ2) is 16.8. The summed E-state index contributed by atoms with van der Waals surface area (Å²) in [6.07, 6.45) is 0. The van der Waals surface area contributed by atoms with Crippen molar-refractivity contribution in [1.82, 2.24) is 0 Å². The summed E-state index contributed by atoms with van der Waals surface area (Å²) < 4.78 is 0. The fourth-order valence-corrected chi connectivity index (χ4v) is 2.63. The second-order valence-electron chi connectivity index (χ2n) is 7.13. The van der Waals surface area contributed by atoms with E-state index in [1.54, 1.807) is 0 Å². The number of carbonyl (C=O) groups is 6. The molecule has 0 aliphatic heterocycles. The molecule has 2 radical (unpaired) electrons. The Balaban J connectivity index is 0. The van der Waals surface area contributed by atoms with E-state index in [0.29, 0.717) is 0 Å². The Hall–Kier alpha value is -5.08. The fraction of sp³-hybridized carbons (Fsp3) is 0. The first-order valence-electron chi connectivity index (χ1n) is 10.0. The van der Waals surface area contributed by atoms with E-state index < -0.39 is 35.8 Å². The number of anilines is 3. The SMILES string of the molecule is Nc1cc(C(=O)[O-])ccc1C(=O)[O-].Nc1cc(C(=O)[O-])ccc1C(=O)[O-].Nc1cc(C(=O)[O-])ccc1C(=O)[O-].[Fe+3].[Fe+3]. The zero-order valence-corrected chi connectivity index (χ0v) is 22.2. The van der Waals surface area contributed by atoms with E-state index in [9.17, 15) is 59.4 Å². The number of carbonyl (C=O) groups excluding carboxylic acids is 6. The zero-order valence-electron chi connectivity index (χ0n) is 20.0. The van der Waals surface area contributed by atoms with Crippen molar-refractivity contribution in [3.8, 4) is 0 Å². The smallest absolute Gasteiger partial charge is 0.545 e. The molecule has 15 nitrogen and oxygen atoms in total. The molecule has 0 fully saturated rings. The molecule has 0 aromatic heterocycles. The Labute approximate surface area is 251 Å². The van der Waals surface area contributed by atoms with Crippen molar-refractivity contribution in [2.24, 2.45) is 0 Å². The summed E-state index contributed by atoms with van der Waals surface area (Å²) in [5.74, 6) is -8.54. The Morgan fingerprint density at radius 3 is 0.707 bits per heavy atom. The Morgan fingerprint density at radius 1 is 0.390 bits per heavy atom. The molecule has 0 heterocycles. The summed E-state index contributed by atoms with van der Waals surface area (Å²) in [6, 6.07) is 9.52. The monoisotopic (exact) mass is 649 g/mol. The summed E-state index contributed by atoms with van der Waals surface area (Å²) in [5.41, 5.74) is 14.1. The van der Waals surface area contributed by atoms with Crippen LogP contribution in [0.5, 0.6) is 0 Å². The molecular formula is C24H15Fe2N3O12. The number of hydrogen-bond donors (Lipinski definition) is 3. The van der Waals surface area contributed by atoms with E-state index >= 15 is 0 Å². The third-order valence-corrected chi connectivity index (χ3v) is 4.52. The van der Waals surface area contributed by atoms with E-state index in [0.717, 1.165) is 54.6 Å². The van der Waals surface area contributed by atoms with Crippen LogP contribution in [0.1, 0.15) is 62.1 Å². The van der Waals surface area contributed by atoms with Crippen LogP contribution in [0.4, 0.5) is 17.1 Å². The van der Waals surface area contributed by atoms with E-state index in [4.69, 9.17) is 17.2 Å². The van der Waals surface area contributed by atoms with Crippen molar-refractivity contribution in [3.05, 3.63) is 88.0 Å². The quantitative estimate of drug-likeness (QED) is 0.165. The van der Waals surface area contributed by atoms with E-state index in [1.807, 2.05) is 0 Å². The molecule has 3 rings (SSSR count). The fourth-order valence-electron chi connectivity index (χ4n) is 2.63. The van der Waals surface area contributed by atoms with Crippen molar-refractivity contribution in [2.75, 3.05) is 17.2 Å². The number of aromatic carboxylic acids is 6. The van der Waals surface area contributed by atoms with Gasteiger partial charge in [-0.3, -0.25) is 0 Å².